The van der Waals surface area contributed by atoms with E-state index in [0.717, 1.165) is 77.0 Å². The molecule has 3 unspecified atom stereocenters. The summed E-state index contributed by atoms with van der Waals surface area (Å²) in [4.78, 5) is 26.1. The van der Waals surface area contributed by atoms with Crippen molar-refractivity contribution in [1.82, 2.24) is 5.32 Å². The molecule has 0 aromatic heterocycles. The third-order valence-corrected chi connectivity index (χ3v) is 11.7. The number of nitrogens with one attached hydrogen (secondary N) is 1. The van der Waals surface area contributed by atoms with Gasteiger partial charge in [-0.3, -0.25) is 9.59 Å². The van der Waals surface area contributed by atoms with Crippen LogP contribution >= 0.6 is 0 Å². The molecule has 0 aliphatic carbocycles. The number of hydrogen-bond donors (Lipinski definition) is 3. The average Bonchev–Trinajstić information content (AvgIpc) is 3.23. The summed E-state index contributed by atoms with van der Waals surface area (Å²) in [5.41, 5.74) is 0. The lowest BCUT2D eigenvalue weighted by Gasteiger charge is -2.24. The summed E-state index contributed by atoms with van der Waals surface area (Å²) < 4.78 is 5.91. The van der Waals surface area contributed by atoms with Gasteiger partial charge in [0.05, 0.1) is 25.2 Å². The number of amides is 1. The van der Waals surface area contributed by atoms with Crippen molar-refractivity contribution in [1.29, 1.82) is 0 Å². The van der Waals surface area contributed by atoms with Crippen LogP contribution in [-0.2, 0) is 14.3 Å². The van der Waals surface area contributed by atoms with Crippen LogP contribution in [0.5, 0.6) is 0 Å². The second kappa shape index (κ2) is 47.1. The van der Waals surface area contributed by atoms with Crippen LogP contribution < -0.4 is 5.32 Å². The van der Waals surface area contributed by atoms with E-state index in [1.165, 1.54) is 141 Å². The van der Waals surface area contributed by atoms with Crippen LogP contribution in [0.25, 0.3) is 0 Å². The summed E-state index contributed by atoms with van der Waals surface area (Å²) in [6, 6.07) is -0.709. The van der Waals surface area contributed by atoms with Gasteiger partial charge in [-0.15, -0.1) is 0 Å². The Hall–Kier alpha value is -1.92. The molecular formula is C53H99NO5. The van der Waals surface area contributed by atoms with Gasteiger partial charge in [0.1, 0.15) is 6.10 Å². The highest BCUT2D eigenvalue weighted by Crippen LogP contribution is 2.18. The van der Waals surface area contributed by atoms with Crippen LogP contribution in [0.4, 0.5) is 0 Å². The van der Waals surface area contributed by atoms with E-state index in [0.29, 0.717) is 19.3 Å². The first-order chi connectivity index (χ1) is 29.0. The van der Waals surface area contributed by atoms with Gasteiger partial charge in [0.2, 0.25) is 5.91 Å². The minimum absolute atomic E-state index is 0.0549. The molecule has 59 heavy (non-hydrogen) atoms. The SMILES string of the molecule is CC/C=C/C/C=C/C/C=C/CCCCC(CC(=O)NC(CO)C(O)CCCCCCCCCCC)OC(=O)CCCCCCCCCCCCCCCCCCCCC. The summed E-state index contributed by atoms with van der Waals surface area (Å²) in [7, 11) is 0. The van der Waals surface area contributed by atoms with Crippen molar-refractivity contribution in [3.05, 3.63) is 36.5 Å². The summed E-state index contributed by atoms with van der Waals surface area (Å²) >= 11 is 0. The largest absolute Gasteiger partial charge is 0.462 e. The zero-order valence-corrected chi connectivity index (χ0v) is 39.4. The minimum atomic E-state index is -0.793. The van der Waals surface area contributed by atoms with Gasteiger partial charge in [-0.05, 0) is 57.8 Å². The Labute approximate surface area is 366 Å². The van der Waals surface area contributed by atoms with Crippen molar-refractivity contribution in [3.63, 3.8) is 0 Å². The Morgan fingerprint density at radius 2 is 0.915 bits per heavy atom. The number of carbonyl (C=O) groups is 2. The molecule has 0 rings (SSSR count). The topological polar surface area (TPSA) is 95.9 Å². The molecule has 1 amide bonds. The van der Waals surface area contributed by atoms with Gasteiger partial charge >= 0.3 is 5.97 Å². The number of unbranched alkanes of at least 4 members (excludes halogenated alkanes) is 28. The molecule has 0 saturated carbocycles. The molecule has 346 valence electrons. The third-order valence-electron chi connectivity index (χ3n) is 11.7. The molecule has 0 bridgehead atoms. The monoisotopic (exact) mass is 830 g/mol. The predicted molar refractivity (Wildman–Crippen MR) is 255 cm³/mol. The van der Waals surface area contributed by atoms with Gasteiger partial charge in [0.25, 0.3) is 0 Å². The van der Waals surface area contributed by atoms with Crippen molar-refractivity contribution in [2.45, 2.75) is 283 Å². The molecule has 6 heteroatoms. The molecule has 0 aromatic rings. The van der Waals surface area contributed by atoms with Gasteiger partial charge in [-0.25, -0.2) is 0 Å². The van der Waals surface area contributed by atoms with Crippen molar-refractivity contribution in [2.24, 2.45) is 0 Å². The zero-order chi connectivity index (χ0) is 43.1. The van der Waals surface area contributed by atoms with Gasteiger partial charge in [-0.2, -0.15) is 0 Å². The number of hydrogen-bond acceptors (Lipinski definition) is 5. The van der Waals surface area contributed by atoms with Gasteiger partial charge < -0.3 is 20.3 Å². The standard InChI is InChI=1S/C53H99NO5/c1-4-7-10-13-16-19-21-23-24-25-26-27-28-29-31-34-37-40-43-46-53(58)59-49(44-41-38-35-33-30-22-20-17-14-11-8-5-2)47-52(57)54-50(48-55)51(56)45-42-39-36-32-18-15-12-9-6-3/h8,11,17,20,30,33,49-51,55-56H,4-7,9-10,12-16,18-19,21-29,31-32,34-48H2,1-3H3,(H,54,57)/b11-8+,20-17+,33-30+. The van der Waals surface area contributed by atoms with Crippen molar-refractivity contribution in [2.75, 3.05) is 6.61 Å². The molecule has 0 saturated heterocycles. The van der Waals surface area contributed by atoms with E-state index < -0.39 is 18.2 Å². The minimum Gasteiger partial charge on any atom is -0.462 e. The molecular weight excluding hydrogens is 731 g/mol. The fourth-order valence-electron chi connectivity index (χ4n) is 7.86. The second-order valence-electron chi connectivity index (χ2n) is 17.5. The van der Waals surface area contributed by atoms with Crippen molar-refractivity contribution in [3.8, 4) is 0 Å². The van der Waals surface area contributed by atoms with Crippen LogP contribution in [0, 0.1) is 0 Å². The first kappa shape index (κ1) is 57.1. The van der Waals surface area contributed by atoms with Crippen LogP contribution in [0.3, 0.4) is 0 Å². The molecule has 0 aromatic carbocycles. The van der Waals surface area contributed by atoms with Gasteiger partial charge in [0.15, 0.2) is 0 Å². The van der Waals surface area contributed by atoms with Gasteiger partial charge in [-0.1, -0.05) is 231 Å². The molecule has 3 N–H and O–H groups in total. The number of ether oxygens (including phenoxy) is 1. The van der Waals surface area contributed by atoms with E-state index in [-0.39, 0.29) is 24.9 Å². The second-order valence-corrected chi connectivity index (χ2v) is 17.5. The lowest BCUT2D eigenvalue weighted by Crippen LogP contribution is -2.46. The Morgan fingerprint density at radius 3 is 1.37 bits per heavy atom. The van der Waals surface area contributed by atoms with Gasteiger partial charge in [0, 0.05) is 6.42 Å². The van der Waals surface area contributed by atoms with E-state index in [2.05, 4.69) is 62.5 Å². The Bertz CT molecular complexity index is 977. The normalized spacial score (nSPS) is 13.5. The maximum absolute atomic E-state index is 13.1. The van der Waals surface area contributed by atoms with Crippen LogP contribution in [0.15, 0.2) is 36.5 Å². The average molecular weight is 830 g/mol. The number of carbonyl (C=O) groups excluding carboxylic acids is 2. The smallest absolute Gasteiger partial charge is 0.306 e. The van der Waals surface area contributed by atoms with Crippen LogP contribution in [0.1, 0.15) is 265 Å². The summed E-state index contributed by atoms with van der Waals surface area (Å²) in [6.45, 7) is 6.35. The molecule has 3 atom stereocenters. The first-order valence-electron chi connectivity index (χ1n) is 25.7. The Balaban J connectivity index is 4.49. The number of allylic oxidation sites excluding steroid dienone is 6. The molecule has 0 spiro atoms. The highest BCUT2D eigenvalue weighted by Gasteiger charge is 2.24. The molecule has 0 aliphatic heterocycles. The van der Waals surface area contributed by atoms with E-state index >= 15 is 0 Å². The predicted octanol–water partition coefficient (Wildman–Crippen LogP) is 15.3. The van der Waals surface area contributed by atoms with Crippen LogP contribution in [0.2, 0.25) is 0 Å². The maximum atomic E-state index is 13.1. The first-order valence-corrected chi connectivity index (χ1v) is 25.7. The number of rotatable bonds is 46. The molecule has 0 aliphatic rings. The lowest BCUT2D eigenvalue weighted by atomic mass is 10.0. The van der Waals surface area contributed by atoms with E-state index in [4.69, 9.17) is 4.74 Å². The summed E-state index contributed by atoms with van der Waals surface area (Å²) in [5.74, 6) is -0.503. The Kier molecular flexibility index (Phi) is 45.6. The highest BCUT2D eigenvalue weighted by atomic mass is 16.5. The number of esters is 1. The Morgan fingerprint density at radius 1 is 0.508 bits per heavy atom. The molecule has 0 heterocycles. The van der Waals surface area contributed by atoms with E-state index in [1.54, 1.807) is 0 Å². The van der Waals surface area contributed by atoms with E-state index in [1.807, 2.05) is 0 Å². The summed E-state index contributed by atoms with van der Waals surface area (Å²) in [5, 5.41) is 23.6. The zero-order valence-electron chi connectivity index (χ0n) is 39.4. The fourth-order valence-corrected chi connectivity index (χ4v) is 7.86. The number of aliphatic hydroxyl groups is 2. The number of aliphatic hydroxyl groups excluding tert-OH is 2. The molecule has 0 fully saturated rings. The molecule has 0 radical (unpaired) electrons. The van der Waals surface area contributed by atoms with Crippen LogP contribution in [-0.4, -0.2) is 46.9 Å². The quantitative estimate of drug-likeness (QED) is 0.0323. The lowest BCUT2D eigenvalue weighted by molar-refractivity contribution is -0.151. The van der Waals surface area contributed by atoms with E-state index in [9.17, 15) is 19.8 Å². The molecule has 6 nitrogen and oxygen atoms in total. The van der Waals surface area contributed by atoms with Crippen molar-refractivity contribution >= 4 is 11.9 Å². The third kappa shape index (κ3) is 42.6. The summed E-state index contributed by atoms with van der Waals surface area (Å²) in [6.07, 6.45) is 55.1. The highest BCUT2D eigenvalue weighted by molar-refractivity contribution is 5.77. The maximum Gasteiger partial charge on any atom is 0.306 e. The van der Waals surface area contributed by atoms with Crippen molar-refractivity contribution < 1.29 is 24.5 Å². The fraction of sp³-hybridized carbons (Fsp3) is 0.849.